The smallest absolute Gasteiger partial charge is 0.445 e. The molecule has 6 nitrogen and oxygen atoms in total. The van der Waals surface area contributed by atoms with Crippen LogP contribution in [0, 0.1) is 0 Å². The fraction of sp³-hybridized carbons (Fsp3) is 0.667. The van der Waals surface area contributed by atoms with Crippen LogP contribution in [0.5, 0.6) is 0 Å². The molecule has 0 bridgehead atoms. The SMILES string of the molecule is COCCCC(Nc1nnc(C(F)(F)F)s1)C(=O)O. The monoisotopic (exact) mass is 299 g/mol. The van der Waals surface area contributed by atoms with Gasteiger partial charge in [0, 0.05) is 13.7 Å². The fourth-order valence-electron chi connectivity index (χ4n) is 1.23. The minimum absolute atomic E-state index is 0.169. The van der Waals surface area contributed by atoms with Crippen molar-refractivity contribution in [2.45, 2.75) is 25.1 Å². The van der Waals surface area contributed by atoms with Crippen LogP contribution in [0.2, 0.25) is 0 Å². The van der Waals surface area contributed by atoms with E-state index < -0.39 is 23.2 Å². The molecule has 1 heterocycles. The van der Waals surface area contributed by atoms with Crippen molar-refractivity contribution in [3.05, 3.63) is 5.01 Å². The summed E-state index contributed by atoms with van der Waals surface area (Å²) in [6, 6.07) is -1.02. The van der Waals surface area contributed by atoms with Gasteiger partial charge in [-0.2, -0.15) is 13.2 Å². The summed E-state index contributed by atoms with van der Waals surface area (Å²) >= 11 is 0.272. The van der Waals surface area contributed by atoms with Crippen molar-refractivity contribution >= 4 is 22.4 Å². The number of aliphatic carboxylic acids is 1. The van der Waals surface area contributed by atoms with Gasteiger partial charge in [0.2, 0.25) is 10.1 Å². The first-order valence-corrected chi connectivity index (χ1v) is 6.05. The number of nitrogens with zero attached hydrogens (tertiary/aromatic N) is 2. The molecule has 0 aliphatic heterocycles. The lowest BCUT2D eigenvalue weighted by atomic mass is 10.1. The summed E-state index contributed by atoms with van der Waals surface area (Å²) in [7, 11) is 1.48. The lowest BCUT2D eigenvalue weighted by molar-refractivity contribution is -0.139. The van der Waals surface area contributed by atoms with E-state index in [1.54, 1.807) is 0 Å². The van der Waals surface area contributed by atoms with Crippen LogP contribution in [0.4, 0.5) is 18.3 Å². The number of carboxylic acid groups (broad SMARTS) is 1. The molecule has 108 valence electrons. The second-order valence-electron chi connectivity index (χ2n) is 3.58. The van der Waals surface area contributed by atoms with Gasteiger partial charge in [-0.3, -0.25) is 0 Å². The van der Waals surface area contributed by atoms with E-state index in [1.807, 2.05) is 0 Å². The average Bonchev–Trinajstić information content (AvgIpc) is 2.76. The number of ether oxygens (including phenoxy) is 1. The zero-order valence-corrected chi connectivity index (χ0v) is 10.7. The highest BCUT2D eigenvalue weighted by Crippen LogP contribution is 2.33. The van der Waals surface area contributed by atoms with E-state index in [0.717, 1.165) is 0 Å². The highest BCUT2D eigenvalue weighted by Gasteiger charge is 2.36. The van der Waals surface area contributed by atoms with E-state index in [1.165, 1.54) is 7.11 Å². The third-order valence-corrected chi connectivity index (χ3v) is 3.00. The molecule has 1 atom stereocenters. The van der Waals surface area contributed by atoms with Gasteiger partial charge in [0.05, 0.1) is 0 Å². The maximum Gasteiger partial charge on any atom is 0.445 e. The quantitative estimate of drug-likeness (QED) is 0.747. The number of alkyl halides is 3. The van der Waals surface area contributed by atoms with Crippen LogP contribution in [0.1, 0.15) is 17.8 Å². The van der Waals surface area contributed by atoms with E-state index in [4.69, 9.17) is 9.84 Å². The van der Waals surface area contributed by atoms with Gasteiger partial charge in [0.25, 0.3) is 0 Å². The summed E-state index contributed by atoms with van der Waals surface area (Å²) in [5, 5.41) is 16.3. The van der Waals surface area contributed by atoms with E-state index in [2.05, 4.69) is 15.5 Å². The molecule has 19 heavy (non-hydrogen) atoms. The summed E-state index contributed by atoms with van der Waals surface area (Å²) in [4.78, 5) is 10.9. The predicted molar refractivity (Wildman–Crippen MR) is 61.1 cm³/mol. The second-order valence-corrected chi connectivity index (χ2v) is 4.56. The largest absolute Gasteiger partial charge is 0.480 e. The maximum absolute atomic E-state index is 12.3. The molecule has 2 N–H and O–H groups in total. The summed E-state index contributed by atoms with van der Waals surface area (Å²) in [6.07, 6.45) is -3.90. The van der Waals surface area contributed by atoms with Crippen LogP contribution in [-0.4, -0.2) is 41.0 Å². The van der Waals surface area contributed by atoms with E-state index >= 15 is 0 Å². The Balaban J connectivity index is 2.64. The van der Waals surface area contributed by atoms with Gasteiger partial charge in [0.15, 0.2) is 0 Å². The first kappa shape index (κ1) is 15.6. The van der Waals surface area contributed by atoms with E-state index in [0.29, 0.717) is 13.0 Å². The molecule has 1 rings (SSSR count). The molecule has 0 spiro atoms. The van der Waals surface area contributed by atoms with Gasteiger partial charge >= 0.3 is 12.1 Å². The molecule has 0 amide bonds. The molecular weight excluding hydrogens is 287 g/mol. The van der Waals surface area contributed by atoms with Crippen molar-refractivity contribution in [1.29, 1.82) is 0 Å². The number of carbonyl (C=O) groups is 1. The Morgan fingerprint density at radius 2 is 2.21 bits per heavy atom. The van der Waals surface area contributed by atoms with Crippen LogP contribution >= 0.6 is 11.3 Å². The summed E-state index contributed by atoms with van der Waals surface area (Å²) in [5.74, 6) is -1.17. The Kier molecular flexibility index (Phi) is 5.48. The minimum Gasteiger partial charge on any atom is -0.480 e. The highest BCUT2D eigenvalue weighted by atomic mass is 32.1. The van der Waals surface area contributed by atoms with Crippen molar-refractivity contribution in [2.24, 2.45) is 0 Å². The number of aromatic nitrogens is 2. The number of anilines is 1. The number of hydrogen-bond donors (Lipinski definition) is 2. The first-order valence-electron chi connectivity index (χ1n) is 5.23. The minimum atomic E-state index is -4.58. The van der Waals surface area contributed by atoms with Gasteiger partial charge < -0.3 is 15.2 Å². The molecule has 0 aliphatic carbocycles. The molecule has 0 aliphatic rings. The van der Waals surface area contributed by atoms with Crippen LogP contribution in [0.15, 0.2) is 0 Å². The van der Waals surface area contributed by atoms with Crippen molar-refractivity contribution < 1.29 is 27.8 Å². The zero-order valence-electron chi connectivity index (χ0n) is 9.90. The van der Waals surface area contributed by atoms with Crippen LogP contribution < -0.4 is 5.32 Å². The fourth-order valence-corrected chi connectivity index (χ4v) is 1.90. The predicted octanol–water partition coefficient (Wildman–Crippen LogP) is 1.85. The Morgan fingerprint density at radius 3 is 2.68 bits per heavy atom. The van der Waals surface area contributed by atoms with Crippen molar-refractivity contribution in [3.63, 3.8) is 0 Å². The molecule has 1 aromatic heterocycles. The third kappa shape index (κ3) is 4.99. The standard InChI is InChI=1S/C9H12F3N3O3S/c1-18-4-2-3-5(6(16)17)13-8-15-14-7(19-8)9(10,11)12/h5H,2-4H2,1H3,(H,13,15)(H,16,17). The van der Waals surface area contributed by atoms with Gasteiger partial charge in [-0.1, -0.05) is 11.3 Å². The maximum atomic E-state index is 12.3. The number of halogens is 3. The molecule has 0 fully saturated rings. The number of nitrogens with one attached hydrogen (secondary N) is 1. The molecule has 1 aromatic rings. The zero-order chi connectivity index (χ0) is 14.5. The Labute approximate surface area is 110 Å². The molecule has 0 saturated carbocycles. The topological polar surface area (TPSA) is 84.3 Å². The van der Waals surface area contributed by atoms with Crippen LogP contribution in [0.3, 0.4) is 0 Å². The lowest BCUT2D eigenvalue weighted by Crippen LogP contribution is -2.29. The normalized spacial score (nSPS) is 13.3. The van der Waals surface area contributed by atoms with Gasteiger partial charge in [-0.25, -0.2) is 4.79 Å². The summed E-state index contributed by atoms with van der Waals surface area (Å²) in [6.45, 7) is 0.370. The van der Waals surface area contributed by atoms with Crippen molar-refractivity contribution in [1.82, 2.24) is 10.2 Å². The number of rotatable bonds is 7. The molecular formula is C9H12F3N3O3S. The van der Waals surface area contributed by atoms with Crippen LogP contribution in [-0.2, 0) is 15.7 Å². The lowest BCUT2D eigenvalue weighted by Gasteiger charge is -2.12. The average molecular weight is 299 g/mol. The van der Waals surface area contributed by atoms with Gasteiger partial charge in [-0.15, -0.1) is 10.2 Å². The number of methoxy groups -OCH3 is 1. The Bertz CT molecular complexity index is 424. The Hall–Kier alpha value is -1.42. The van der Waals surface area contributed by atoms with E-state index in [-0.39, 0.29) is 22.9 Å². The third-order valence-electron chi connectivity index (χ3n) is 2.10. The number of hydrogen-bond acceptors (Lipinski definition) is 6. The highest BCUT2D eigenvalue weighted by molar-refractivity contribution is 7.15. The second kappa shape index (κ2) is 6.66. The summed E-state index contributed by atoms with van der Waals surface area (Å²) < 4.78 is 41.7. The van der Waals surface area contributed by atoms with Crippen molar-refractivity contribution in [3.8, 4) is 0 Å². The molecule has 0 saturated heterocycles. The van der Waals surface area contributed by atoms with Crippen molar-refractivity contribution in [2.75, 3.05) is 19.0 Å². The molecule has 1 unspecified atom stereocenters. The Morgan fingerprint density at radius 1 is 1.53 bits per heavy atom. The van der Waals surface area contributed by atoms with Crippen LogP contribution in [0.25, 0.3) is 0 Å². The summed E-state index contributed by atoms with van der Waals surface area (Å²) in [5.41, 5.74) is 0. The molecule has 10 heteroatoms. The first-order chi connectivity index (χ1) is 8.84. The van der Waals surface area contributed by atoms with Gasteiger partial charge in [-0.05, 0) is 12.8 Å². The molecule has 0 radical (unpaired) electrons. The number of carboxylic acids is 1. The van der Waals surface area contributed by atoms with E-state index in [9.17, 15) is 18.0 Å². The van der Waals surface area contributed by atoms with Gasteiger partial charge in [0.1, 0.15) is 6.04 Å². The molecule has 0 aromatic carbocycles.